The zero-order valence-corrected chi connectivity index (χ0v) is 15.5. The third-order valence-corrected chi connectivity index (χ3v) is 4.29. The van der Waals surface area contributed by atoms with Crippen LogP contribution in [0.2, 0.25) is 0 Å². The lowest BCUT2D eigenvalue weighted by molar-refractivity contribution is -0.121. The number of hydrogen-bond acceptors (Lipinski definition) is 4. The molecule has 1 unspecified atom stereocenters. The van der Waals surface area contributed by atoms with Crippen LogP contribution < -0.4 is 20.1 Å². The molecule has 27 heavy (non-hydrogen) atoms. The van der Waals surface area contributed by atoms with E-state index >= 15 is 0 Å². The topological polar surface area (TPSA) is 76.7 Å². The Hall–Kier alpha value is -3.02. The Kier molecular flexibility index (Phi) is 5.96. The summed E-state index contributed by atoms with van der Waals surface area (Å²) in [5.41, 5.74) is 1.48. The molecule has 0 aromatic heterocycles. The molecule has 2 aromatic rings. The fourth-order valence-electron chi connectivity index (χ4n) is 2.98. The number of benzene rings is 2. The van der Waals surface area contributed by atoms with Crippen LogP contribution in [-0.4, -0.2) is 25.2 Å². The third-order valence-electron chi connectivity index (χ3n) is 4.29. The standard InChI is InChI=1S/C21H24N2O4/c1-14(2)10-17(15-6-4-3-5-7-15)23-20(24)12-22-21(25)16-8-9-18-19(11-16)27-13-26-18/h3-9,11,14,17H,10,12-13H2,1-2H3,(H,22,25)(H,23,24). The second-order valence-electron chi connectivity index (χ2n) is 6.91. The van der Waals surface area contributed by atoms with Gasteiger partial charge in [0.25, 0.3) is 5.91 Å². The van der Waals surface area contributed by atoms with E-state index < -0.39 is 0 Å². The second kappa shape index (κ2) is 8.58. The van der Waals surface area contributed by atoms with Crippen molar-refractivity contribution < 1.29 is 19.1 Å². The van der Waals surface area contributed by atoms with Crippen LogP contribution in [0, 0.1) is 5.92 Å². The smallest absolute Gasteiger partial charge is 0.251 e. The first kappa shape index (κ1) is 18.8. The summed E-state index contributed by atoms with van der Waals surface area (Å²) in [4.78, 5) is 24.7. The molecule has 0 saturated carbocycles. The van der Waals surface area contributed by atoms with Crippen molar-refractivity contribution in [2.24, 2.45) is 5.92 Å². The number of ether oxygens (including phenoxy) is 2. The quantitative estimate of drug-likeness (QED) is 0.788. The maximum Gasteiger partial charge on any atom is 0.251 e. The fraction of sp³-hybridized carbons (Fsp3) is 0.333. The molecule has 6 nitrogen and oxygen atoms in total. The van der Waals surface area contributed by atoms with E-state index in [1.54, 1.807) is 18.2 Å². The monoisotopic (exact) mass is 368 g/mol. The highest BCUT2D eigenvalue weighted by molar-refractivity contribution is 5.97. The molecule has 0 fully saturated rings. The molecule has 0 spiro atoms. The Balaban J connectivity index is 1.56. The number of hydrogen-bond donors (Lipinski definition) is 2. The molecule has 0 radical (unpaired) electrons. The number of nitrogens with one attached hydrogen (secondary N) is 2. The molecule has 0 aliphatic carbocycles. The largest absolute Gasteiger partial charge is 0.454 e. The van der Waals surface area contributed by atoms with E-state index in [1.807, 2.05) is 30.3 Å². The van der Waals surface area contributed by atoms with E-state index in [2.05, 4.69) is 24.5 Å². The lowest BCUT2D eigenvalue weighted by Gasteiger charge is -2.21. The molecule has 6 heteroatoms. The summed E-state index contributed by atoms with van der Waals surface area (Å²) >= 11 is 0. The molecule has 1 atom stereocenters. The molecule has 2 N–H and O–H groups in total. The lowest BCUT2D eigenvalue weighted by atomic mass is 9.97. The third kappa shape index (κ3) is 5.00. The minimum Gasteiger partial charge on any atom is -0.454 e. The van der Waals surface area contributed by atoms with Crippen LogP contribution in [0.25, 0.3) is 0 Å². The van der Waals surface area contributed by atoms with Gasteiger partial charge in [0.05, 0.1) is 12.6 Å². The first-order valence-corrected chi connectivity index (χ1v) is 9.05. The van der Waals surface area contributed by atoms with Gasteiger partial charge in [-0.15, -0.1) is 0 Å². The summed E-state index contributed by atoms with van der Waals surface area (Å²) in [5, 5.41) is 5.67. The molecule has 2 amide bonds. The van der Waals surface area contributed by atoms with Crippen LogP contribution >= 0.6 is 0 Å². The van der Waals surface area contributed by atoms with Gasteiger partial charge in [0.2, 0.25) is 12.7 Å². The van der Waals surface area contributed by atoms with E-state index in [4.69, 9.17) is 9.47 Å². The molecule has 1 aliphatic rings. The molecule has 2 aromatic carbocycles. The molecule has 0 bridgehead atoms. The van der Waals surface area contributed by atoms with E-state index in [1.165, 1.54) is 0 Å². The number of fused-ring (bicyclic) bond motifs is 1. The van der Waals surface area contributed by atoms with Crippen LogP contribution in [0.5, 0.6) is 11.5 Å². The van der Waals surface area contributed by atoms with Crippen molar-refractivity contribution in [2.75, 3.05) is 13.3 Å². The van der Waals surface area contributed by atoms with Crippen LogP contribution in [-0.2, 0) is 4.79 Å². The van der Waals surface area contributed by atoms with Crippen molar-refractivity contribution in [1.82, 2.24) is 10.6 Å². The summed E-state index contributed by atoms with van der Waals surface area (Å²) in [5.74, 6) is 1.03. The van der Waals surface area contributed by atoms with Crippen molar-refractivity contribution in [3.8, 4) is 11.5 Å². The van der Waals surface area contributed by atoms with Gasteiger partial charge in [-0.3, -0.25) is 9.59 Å². The Morgan fingerprint density at radius 1 is 1.04 bits per heavy atom. The molecule has 0 saturated heterocycles. The highest BCUT2D eigenvalue weighted by Crippen LogP contribution is 2.32. The van der Waals surface area contributed by atoms with Gasteiger partial charge >= 0.3 is 0 Å². The Bertz CT molecular complexity index is 805. The van der Waals surface area contributed by atoms with Gasteiger partial charge in [-0.05, 0) is 36.1 Å². The van der Waals surface area contributed by atoms with Gasteiger partial charge in [-0.2, -0.15) is 0 Å². The number of carbonyl (C=O) groups excluding carboxylic acids is 2. The summed E-state index contributed by atoms with van der Waals surface area (Å²) in [6.45, 7) is 4.29. The predicted molar refractivity (Wildman–Crippen MR) is 102 cm³/mol. The van der Waals surface area contributed by atoms with Gasteiger partial charge in [-0.1, -0.05) is 44.2 Å². The first-order chi connectivity index (χ1) is 13.0. The number of amides is 2. The van der Waals surface area contributed by atoms with Crippen LogP contribution in [0.3, 0.4) is 0 Å². The first-order valence-electron chi connectivity index (χ1n) is 9.05. The molecule has 142 valence electrons. The normalized spacial score (nSPS) is 13.3. The minimum absolute atomic E-state index is 0.0823. The van der Waals surface area contributed by atoms with Crippen molar-refractivity contribution >= 4 is 11.8 Å². The second-order valence-corrected chi connectivity index (χ2v) is 6.91. The Morgan fingerprint density at radius 3 is 2.52 bits per heavy atom. The average molecular weight is 368 g/mol. The number of carbonyl (C=O) groups is 2. The fourth-order valence-corrected chi connectivity index (χ4v) is 2.98. The van der Waals surface area contributed by atoms with Gasteiger partial charge in [0, 0.05) is 5.56 Å². The summed E-state index contributed by atoms with van der Waals surface area (Å²) < 4.78 is 10.5. The average Bonchev–Trinajstić information content (AvgIpc) is 3.13. The zero-order valence-electron chi connectivity index (χ0n) is 15.5. The lowest BCUT2D eigenvalue weighted by Crippen LogP contribution is -2.39. The van der Waals surface area contributed by atoms with Gasteiger partial charge in [0.1, 0.15) is 0 Å². The Morgan fingerprint density at radius 2 is 1.78 bits per heavy atom. The van der Waals surface area contributed by atoms with Crippen molar-refractivity contribution in [1.29, 1.82) is 0 Å². The van der Waals surface area contributed by atoms with Gasteiger partial charge < -0.3 is 20.1 Å². The van der Waals surface area contributed by atoms with Crippen LogP contribution in [0.1, 0.15) is 42.2 Å². The van der Waals surface area contributed by atoms with Crippen LogP contribution in [0.15, 0.2) is 48.5 Å². The maximum absolute atomic E-state index is 12.4. The summed E-state index contributed by atoms with van der Waals surface area (Å²) in [7, 11) is 0. The Labute approximate surface area is 158 Å². The van der Waals surface area contributed by atoms with Crippen LogP contribution in [0.4, 0.5) is 0 Å². The van der Waals surface area contributed by atoms with Crippen molar-refractivity contribution in [3.63, 3.8) is 0 Å². The summed E-state index contributed by atoms with van der Waals surface area (Å²) in [6, 6.07) is 14.7. The van der Waals surface area contributed by atoms with E-state index in [0.717, 1.165) is 12.0 Å². The van der Waals surface area contributed by atoms with E-state index in [0.29, 0.717) is 23.0 Å². The zero-order chi connectivity index (χ0) is 19.2. The molecule has 1 aliphatic heterocycles. The van der Waals surface area contributed by atoms with Crippen molar-refractivity contribution in [3.05, 3.63) is 59.7 Å². The SMILES string of the molecule is CC(C)CC(NC(=O)CNC(=O)c1ccc2c(c1)OCO2)c1ccccc1. The number of rotatable bonds is 7. The van der Waals surface area contributed by atoms with E-state index in [9.17, 15) is 9.59 Å². The van der Waals surface area contributed by atoms with Gasteiger partial charge in [0.15, 0.2) is 11.5 Å². The maximum atomic E-state index is 12.4. The highest BCUT2D eigenvalue weighted by atomic mass is 16.7. The predicted octanol–water partition coefficient (Wildman–Crippen LogP) is 3.05. The molecule has 3 rings (SSSR count). The van der Waals surface area contributed by atoms with Gasteiger partial charge in [-0.25, -0.2) is 0 Å². The van der Waals surface area contributed by atoms with Crippen molar-refractivity contribution in [2.45, 2.75) is 26.3 Å². The highest BCUT2D eigenvalue weighted by Gasteiger charge is 2.18. The molecular weight excluding hydrogens is 344 g/mol. The summed E-state index contributed by atoms with van der Waals surface area (Å²) in [6.07, 6.45) is 0.825. The molecule has 1 heterocycles. The minimum atomic E-state index is -0.330. The van der Waals surface area contributed by atoms with E-state index in [-0.39, 0.29) is 31.2 Å². The molecular formula is C21H24N2O4.